The maximum absolute atomic E-state index is 13.6. The Hall–Kier alpha value is -2.35. The van der Waals surface area contributed by atoms with E-state index in [0.29, 0.717) is 6.42 Å². The molecule has 1 rings (SSSR count). The van der Waals surface area contributed by atoms with E-state index in [2.05, 4.69) is 16.6 Å². The molecule has 118 valence electrons. The molecule has 0 spiro atoms. The first kappa shape index (κ1) is 17.7. The molecular weight excluding hydrogens is 283 g/mol. The standard InChI is InChI=1S/C17H21FN2O2/c1-4-10-19-17(22)15(11-12(3)5-2)20-16(21)13-8-6-7-9-14(13)18/h1,6-9,12,15H,5,10-11H2,2-3H3,(H,19,22)(H,20,21)/t12?,15-/m0/s1. The van der Waals surface area contributed by atoms with Crippen LogP contribution in [0.3, 0.4) is 0 Å². The van der Waals surface area contributed by atoms with Crippen LogP contribution < -0.4 is 10.6 Å². The van der Waals surface area contributed by atoms with Crippen molar-refractivity contribution < 1.29 is 14.0 Å². The summed E-state index contributed by atoms with van der Waals surface area (Å²) in [7, 11) is 0. The molecule has 0 saturated heterocycles. The van der Waals surface area contributed by atoms with Crippen molar-refractivity contribution in [3.8, 4) is 12.3 Å². The van der Waals surface area contributed by atoms with Crippen molar-refractivity contribution in [2.24, 2.45) is 5.92 Å². The summed E-state index contributed by atoms with van der Waals surface area (Å²) >= 11 is 0. The van der Waals surface area contributed by atoms with Crippen molar-refractivity contribution in [1.29, 1.82) is 0 Å². The van der Waals surface area contributed by atoms with Crippen molar-refractivity contribution in [3.63, 3.8) is 0 Å². The molecule has 4 nitrogen and oxygen atoms in total. The molecule has 0 saturated carbocycles. The number of carbonyl (C=O) groups excluding carboxylic acids is 2. The van der Waals surface area contributed by atoms with E-state index in [-0.39, 0.29) is 23.9 Å². The first-order valence-corrected chi connectivity index (χ1v) is 7.26. The van der Waals surface area contributed by atoms with Gasteiger partial charge in [-0.15, -0.1) is 6.42 Å². The highest BCUT2D eigenvalue weighted by molar-refractivity contribution is 5.97. The Bertz CT molecular complexity index is 566. The number of rotatable bonds is 7. The molecule has 0 heterocycles. The van der Waals surface area contributed by atoms with Crippen LogP contribution >= 0.6 is 0 Å². The van der Waals surface area contributed by atoms with Crippen LogP contribution in [-0.2, 0) is 4.79 Å². The van der Waals surface area contributed by atoms with Gasteiger partial charge in [-0.25, -0.2) is 4.39 Å². The van der Waals surface area contributed by atoms with Crippen LogP contribution in [0.1, 0.15) is 37.0 Å². The Labute approximate surface area is 130 Å². The Balaban J connectivity index is 2.83. The summed E-state index contributed by atoms with van der Waals surface area (Å²) in [5.41, 5.74) is -0.0820. The number of halogens is 1. The molecule has 0 fully saturated rings. The van der Waals surface area contributed by atoms with Crippen LogP contribution in [0.2, 0.25) is 0 Å². The highest BCUT2D eigenvalue weighted by Gasteiger charge is 2.23. The van der Waals surface area contributed by atoms with E-state index in [4.69, 9.17) is 6.42 Å². The zero-order valence-corrected chi connectivity index (χ0v) is 12.9. The van der Waals surface area contributed by atoms with Crippen LogP contribution in [-0.4, -0.2) is 24.4 Å². The fraction of sp³-hybridized carbons (Fsp3) is 0.412. The largest absolute Gasteiger partial charge is 0.343 e. The quantitative estimate of drug-likeness (QED) is 0.758. The third-order valence-corrected chi connectivity index (χ3v) is 3.44. The zero-order valence-electron chi connectivity index (χ0n) is 12.9. The highest BCUT2D eigenvalue weighted by Crippen LogP contribution is 2.12. The van der Waals surface area contributed by atoms with Gasteiger partial charge in [-0.2, -0.15) is 0 Å². The number of carbonyl (C=O) groups is 2. The molecule has 1 aromatic carbocycles. The lowest BCUT2D eigenvalue weighted by atomic mass is 9.98. The summed E-state index contributed by atoms with van der Waals surface area (Å²) in [5.74, 6) is 0.962. The predicted octanol–water partition coefficient (Wildman–Crippen LogP) is 2.11. The molecule has 2 atom stereocenters. The molecule has 2 N–H and O–H groups in total. The van der Waals surface area contributed by atoms with E-state index in [9.17, 15) is 14.0 Å². The highest BCUT2D eigenvalue weighted by atomic mass is 19.1. The fourth-order valence-electron chi connectivity index (χ4n) is 1.94. The van der Waals surface area contributed by atoms with Crippen LogP contribution in [0, 0.1) is 24.1 Å². The Morgan fingerprint density at radius 1 is 1.36 bits per heavy atom. The van der Waals surface area contributed by atoms with Gasteiger partial charge in [-0.3, -0.25) is 9.59 Å². The van der Waals surface area contributed by atoms with Gasteiger partial charge in [0.15, 0.2) is 0 Å². The maximum atomic E-state index is 13.6. The predicted molar refractivity (Wildman–Crippen MR) is 83.6 cm³/mol. The van der Waals surface area contributed by atoms with Crippen molar-refractivity contribution in [2.75, 3.05) is 6.54 Å². The Morgan fingerprint density at radius 3 is 2.64 bits per heavy atom. The number of nitrogens with one attached hydrogen (secondary N) is 2. The van der Waals surface area contributed by atoms with Gasteiger partial charge >= 0.3 is 0 Å². The topological polar surface area (TPSA) is 58.2 Å². The normalized spacial score (nSPS) is 12.8. The average molecular weight is 304 g/mol. The zero-order chi connectivity index (χ0) is 16.5. The number of amides is 2. The average Bonchev–Trinajstić information content (AvgIpc) is 2.51. The molecule has 0 aliphatic heterocycles. The van der Waals surface area contributed by atoms with Gasteiger partial charge in [-0.1, -0.05) is 38.3 Å². The fourth-order valence-corrected chi connectivity index (χ4v) is 1.94. The van der Waals surface area contributed by atoms with E-state index in [1.165, 1.54) is 18.2 Å². The Morgan fingerprint density at radius 2 is 2.05 bits per heavy atom. The van der Waals surface area contributed by atoms with Gasteiger partial charge in [0.2, 0.25) is 5.91 Å². The molecule has 0 aliphatic rings. The van der Waals surface area contributed by atoms with E-state index in [1.807, 2.05) is 13.8 Å². The smallest absolute Gasteiger partial charge is 0.254 e. The summed E-state index contributed by atoms with van der Waals surface area (Å²) in [6, 6.07) is 4.92. The van der Waals surface area contributed by atoms with Gasteiger partial charge in [-0.05, 0) is 24.5 Å². The number of hydrogen-bond acceptors (Lipinski definition) is 2. The molecular formula is C17H21FN2O2. The van der Waals surface area contributed by atoms with Crippen molar-refractivity contribution in [2.45, 2.75) is 32.7 Å². The molecule has 1 aromatic rings. The van der Waals surface area contributed by atoms with E-state index >= 15 is 0 Å². The van der Waals surface area contributed by atoms with Crippen molar-refractivity contribution in [3.05, 3.63) is 35.6 Å². The molecule has 0 radical (unpaired) electrons. The molecule has 5 heteroatoms. The minimum absolute atomic E-state index is 0.0820. The SMILES string of the molecule is C#CCNC(=O)[C@H](CC(C)CC)NC(=O)c1ccccc1F. The van der Waals surface area contributed by atoms with Crippen LogP contribution in [0.4, 0.5) is 4.39 Å². The number of benzene rings is 1. The monoisotopic (exact) mass is 304 g/mol. The minimum atomic E-state index is -0.740. The number of hydrogen-bond donors (Lipinski definition) is 2. The second-order valence-electron chi connectivity index (χ2n) is 5.18. The Kier molecular flexibility index (Phi) is 7.11. The summed E-state index contributed by atoms with van der Waals surface area (Å²) in [6.45, 7) is 4.07. The van der Waals surface area contributed by atoms with Crippen molar-refractivity contribution in [1.82, 2.24) is 10.6 Å². The van der Waals surface area contributed by atoms with E-state index in [1.54, 1.807) is 6.07 Å². The molecule has 0 aliphatic carbocycles. The first-order valence-electron chi connectivity index (χ1n) is 7.26. The number of terminal acetylenes is 1. The lowest BCUT2D eigenvalue weighted by molar-refractivity contribution is -0.123. The third kappa shape index (κ3) is 5.21. The molecule has 22 heavy (non-hydrogen) atoms. The maximum Gasteiger partial charge on any atom is 0.254 e. The lowest BCUT2D eigenvalue weighted by Gasteiger charge is -2.21. The summed E-state index contributed by atoms with van der Waals surface area (Å²) < 4.78 is 13.6. The summed E-state index contributed by atoms with van der Waals surface area (Å²) in [4.78, 5) is 24.2. The van der Waals surface area contributed by atoms with Crippen LogP contribution in [0.25, 0.3) is 0 Å². The van der Waals surface area contributed by atoms with Gasteiger partial charge in [0.05, 0.1) is 12.1 Å². The van der Waals surface area contributed by atoms with Crippen LogP contribution in [0.15, 0.2) is 24.3 Å². The summed E-state index contributed by atoms with van der Waals surface area (Å²) in [5, 5.41) is 5.14. The van der Waals surface area contributed by atoms with Crippen molar-refractivity contribution >= 4 is 11.8 Å². The van der Waals surface area contributed by atoms with E-state index < -0.39 is 17.8 Å². The molecule has 0 bridgehead atoms. The third-order valence-electron chi connectivity index (χ3n) is 3.44. The van der Waals surface area contributed by atoms with Gasteiger partial charge < -0.3 is 10.6 Å². The van der Waals surface area contributed by atoms with Gasteiger partial charge in [0, 0.05) is 0 Å². The van der Waals surface area contributed by atoms with E-state index in [0.717, 1.165) is 6.42 Å². The molecule has 0 aromatic heterocycles. The minimum Gasteiger partial charge on any atom is -0.343 e. The van der Waals surface area contributed by atoms with Gasteiger partial charge in [0.25, 0.3) is 5.91 Å². The second-order valence-corrected chi connectivity index (χ2v) is 5.18. The molecule has 2 amide bonds. The lowest BCUT2D eigenvalue weighted by Crippen LogP contribution is -2.47. The first-order chi connectivity index (χ1) is 10.5. The van der Waals surface area contributed by atoms with Crippen LogP contribution in [0.5, 0.6) is 0 Å². The molecule has 1 unspecified atom stereocenters. The second kappa shape index (κ2) is 8.83. The summed E-state index contributed by atoms with van der Waals surface area (Å²) in [6.07, 6.45) is 6.45. The van der Waals surface area contributed by atoms with Gasteiger partial charge in [0.1, 0.15) is 11.9 Å².